The second kappa shape index (κ2) is 10.5. The number of rotatable bonds is 4. The molecule has 4 aromatic rings. The third kappa shape index (κ3) is 6.38. The third-order valence-corrected chi connectivity index (χ3v) is 4.52. The fraction of sp³-hybridized carbons (Fsp3) is 0.0400. The normalized spacial score (nSPS) is 11.2. The van der Waals surface area contributed by atoms with Crippen molar-refractivity contribution in [2.45, 2.75) is 6.92 Å². The van der Waals surface area contributed by atoms with Gasteiger partial charge in [0.2, 0.25) is 11.4 Å². The molecule has 0 saturated heterocycles. The van der Waals surface area contributed by atoms with Gasteiger partial charge in [0.05, 0.1) is 6.21 Å². The van der Waals surface area contributed by atoms with E-state index in [0.29, 0.717) is 0 Å². The van der Waals surface area contributed by atoms with Crippen LogP contribution in [0.25, 0.3) is 33.6 Å². The van der Waals surface area contributed by atoms with E-state index in [0.717, 1.165) is 22.5 Å². The van der Waals surface area contributed by atoms with Crippen molar-refractivity contribution in [1.29, 1.82) is 0 Å². The standard InChI is InChI=1S/C25H21N2.BF4/c1-2-26-27-24(21-14-8-4-9-15-21)18-23(20-12-6-3-7-13-20)19-25(27)22-16-10-5-11-17-22;2-1(3,4)5/h2-19H,1H3;/q+1;-1/b26-2+;. The average Bonchev–Trinajstić information content (AvgIpc) is 2.80. The largest absolute Gasteiger partial charge is 0.673 e. The summed E-state index contributed by atoms with van der Waals surface area (Å²) in [5, 5.41) is 4.69. The molecule has 7 heteroatoms. The minimum Gasteiger partial charge on any atom is -0.418 e. The van der Waals surface area contributed by atoms with Crippen LogP contribution in [0.15, 0.2) is 108 Å². The van der Waals surface area contributed by atoms with Crippen LogP contribution in [-0.4, -0.2) is 13.5 Å². The third-order valence-electron chi connectivity index (χ3n) is 4.52. The molecule has 1 heterocycles. The maximum atomic E-state index is 9.75. The van der Waals surface area contributed by atoms with E-state index >= 15 is 0 Å². The van der Waals surface area contributed by atoms with Crippen LogP contribution in [0.2, 0.25) is 0 Å². The first-order valence-electron chi connectivity index (χ1n) is 9.99. The van der Waals surface area contributed by atoms with Gasteiger partial charge in [0.1, 0.15) is 0 Å². The highest BCUT2D eigenvalue weighted by atomic mass is 19.5. The molecule has 0 fully saturated rings. The van der Waals surface area contributed by atoms with Crippen LogP contribution in [0, 0.1) is 0 Å². The second-order valence-corrected chi connectivity index (χ2v) is 6.79. The molecule has 0 aliphatic heterocycles. The first kappa shape index (κ1) is 22.9. The monoisotopic (exact) mass is 436 g/mol. The van der Waals surface area contributed by atoms with Gasteiger partial charge in [-0.1, -0.05) is 66.7 Å². The average molecular weight is 436 g/mol. The Kier molecular flexibility index (Phi) is 7.55. The quantitative estimate of drug-likeness (QED) is 0.140. The van der Waals surface area contributed by atoms with E-state index in [1.807, 2.05) is 36.0 Å². The zero-order valence-corrected chi connectivity index (χ0v) is 17.4. The topological polar surface area (TPSA) is 16.2 Å². The molecule has 0 aliphatic carbocycles. The van der Waals surface area contributed by atoms with Crippen molar-refractivity contribution < 1.29 is 21.9 Å². The van der Waals surface area contributed by atoms with Crippen molar-refractivity contribution in [3.8, 4) is 33.6 Å². The molecule has 0 spiro atoms. The van der Waals surface area contributed by atoms with Gasteiger partial charge in [-0.25, -0.2) is 0 Å². The Hall–Kier alpha value is -3.74. The first-order chi connectivity index (χ1) is 15.4. The zero-order valence-electron chi connectivity index (χ0n) is 17.4. The van der Waals surface area contributed by atoms with E-state index in [-0.39, 0.29) is 0 Å². The van der Waals surface area contributed by atoms with Crippen LogP contribution in [0.4, 0.5) is 17.3 Å². The maximum absolute atomic E-state index is 9.75. The number of hydrogen-bond acceptors (Lipinski definition) is 1. The number of hydrogen-bond donors (Lipinski definition) is 0. The number of halogens is 4. The molecule has 162 valence electrons. The summed E-state index contributed by atoms with van der Waals surface area (Å²) in [4.78, 5) is 0. The molecule has 0 bridgehead atoms. The van der Waals surface area contributed by atoms with Gasteiger partial charge in [-0.15, -0.1) is 0 Å². The zero-order chi connectivity index (χ0) is 23.0. The Morgan fingerprint density at radius 3 is 1.28 bits per heavy atom. The molecule has 0 N–H and O–H groups in total. The minimum absolute atomic E-state index is 1.06. The Morgan fingerprint density at radius 2 is 0.938 bits per heavy atom. The summed E-state index contributed by atoms with van der Waals surface area (Å²) < 4.78 is 41.0. The fourth-order valence-corrected chi connectivity index (χ4v) is 3.25. The van der Waals surface area contributed by atoms with Gasteiger partial charge in [-0.05, 0) is 52.1 Å². The molecule has 0 unspecified atom stereocenters. The van der Waals surface area contributed by atoms with E-state index in [4.69, 9.17) is 0 Å². The summed E-state index contributed by atoms with van der Waals surface area (Å²) in [5.74, 6) is 0. The van der Waals surface area contributed by atoms with Crippen molar-refractivity contribution in [2.75, 3.05) is 0 Å². The molecule has 0 amide bonds. The number of aromatic nitrogens is 1. The lowest BCUT2D eigenvalue weighted by molar-refractivity contribution is -0.656. The number of pyridine rings is 1. The van der Waals surface area contributed by atoms with Crippen molar-refractivity contribution in [2.24, 2.45) is 5.10 Å². The summed E-state index contributed by atoms with van der Waals surface area (Å²) in [6.07, 6.45) is 1.83. The molecule has 3 aromatic carbocycles. The van der Waals surface area contributed by atoms with Gasteiger partial charge in [-0.3, -0.25) is 0 Å². The fourth-order valence-electron chi connectivity index (χ4n) is 3.25. The SMILES string of the molecule is C/C=N/[n+]1c(-c2ccccc2)cc(-c2ccccc2)cc1-c1ccccc1.F[B-](F)(F)F. The van der Waals surface area contributed by atoms with Gasteiger partial charge in [0.25, 0.3) is 0 Å². The van der Waals surface area contributed by atoms with E-state index in [1.54, 1.807) is 0 Å². The lowest BCUT2D eigenvalue weighted by atomic mass is 10.00. The molecule has 0 radical (unpaired) electrons. The molecule has 0 atom stereocenters. The highest BCUT2D eigenvalue weighted by molar-refractivity contribution is 6.50. The van der Waals surface area contributed by atoms with Crippen LogP contribution in [0.3, 0.4) is 0 Å². The maximum Gasteiger partial charge on any atom is 0.673 e. The van der Waals surface area contributed by atoms with E-state index in [9.17, 15) is 17.3 Å². The smallest absolute Gasteiger partial charge is 0.418 e. The molecule has 4 rings (SSSR count). The van der Waals surface area contributed by atoms with E-state index < -0.39 is 7.25 Å². The van der Waals surface area contributed by atoms with Crippen molar-refractivity contribution in [1.82, 2.24) is 0 Å². The number of benzene rings is 3. The van der Waals surface area contributed by atoms with Crippen molar-refractivity contribution in [3.63, 3.8) is 0 Å². The van der Waals surface area contributed by atoms with E-state index in [2.05, 4.69) is 90.0 Å². The van der Waals surface area contributed by atoms with Gasteiger partial charge < -0.3 is 17.3 Å². The Labute approximate surface area is 184 Å². The van der Waals surface area contributed by atoms with Gasteiger partial charge >= 0.3 is 7.25 Å². The number of nitrogens with zero attached hydrogens (tertiary/aromatic N) is 2. The summed E-state index contributed by atoms with van der Waals surface area (Å²) in [7, 11) is -6.00. The van der Waals surface area contributed by atoms with Crippen LogP contribution in [-0.2, 0) is 0 Å². The Bertz CT molecular complexity index is 1100. The summed E-state index contributed by atoms with van der Waals surface area (Å²) in [6, 6.07) is 35.7. The molecule has 0 saturated carbocycles. The minimum atomic E-state index is -6.00. The van der Waals surface area contributed by atoms with Crippen LogP contribution >= 0.6 is 0 Å². The molecule has 2 nitrogen and oxygen atoms in total. The van der Waals surface area contributed by atoms with E-state index in [1.165, 1.54) is 11.1 Å². The molecule has 32 heavy (non-hydrogen) atoms. The summed E-state index contributed by atoms with van der Waals surface area (Å²) in [6.45, 7) is 1.95. The van der Waals surface area contributed by atoms with Crippen molar-refractivity contribution >= 4 is 13.5 Å². The lowest BCUT2D eigenvalue weighted by Gasteiger charge is -2.08. The highest BCUT2D eigenvalue weighted by Gasteiger charge is 2.23. The molecule has 1 aromatic heterocycles. The molecular weight excluding hydrogens is 415 g/mol. The van der Waals surface area contributed by atoms with Gasteiger partial charge in [0.15, 0.2) is 0 Å². The van der Waals surface area contributed by atoms with Crippen LogP contribution < -0.4 is 4.68 Å². The summed E-state index contributed by atoms with van der Waals surface area (Å²) in [5.41, 5.74) is 6.77. The van der Waals surface area contributed by atoms with Gasteiger partial charge in [0, 0.05) is 23.3 Å². The van der Waals surface area contributed by atoms with Crippen LogP contribution in [0.5, 0.6) is 0 Å². The predicted octanol–water partition coefficient (Wildman–Crippen LogP) is 7.13. The van der Waals surface area contributed by atoms with Crippen molar-refractivity contribution in [3.05, 3.63) is 103 Å². The highest BCUT2D eigenvalue weighted by Crippen LogP contribution is 2.29. The van der Waals surface area contributed by atoms with Crippen LogP contribution in [0.1, 0.15) is 6.92 Å². The Morgan fingerprint density at radius 1 is 0.594 bits per heavy atom. The lowest BCUT2D eigenvalue weighted by Crippen LogP contribution is -2.33. The second-order valence-electron chi connectivity index (χ2n) is 6.79. The first-order valence-corrected chi connectivity index (χ1v) is 9.99. The molecule has 0 aliphatic rings. The van der Waals surface area contributed by atoms with Gasteiger partial charge in [-0.2, -0.15) is 0 Å². The molecular formula is C25H21BF4N2. The summed E-state index contributed by atoms with van der Waals surface area (Å²) >= 11 is 0. The Balaban J connectivity index is 0.000000523. The predicted molar refractivity (Wildman–Crippen MR) is 123 cm³/mol.